The number of methoxy groups -OCH3 is 1. The van der Waals surface area contributed by atoms with Crippen LogP contribution < -0.4 is 0 Å². The van der Waals surface area contributed by atoms with E-state index in [9.17, 15) is 0 Å². The van der Waals surface area contributed by atoms with E-state index in [4.69, 9.17) is 4.74 Å². The molecule has 2 aliphatic carbocycles. The summed E-state index contributed by atoms with van der Waals surface area (Å²) < 4.78 is 5.48. The van der Waals surface area contributed by atoms with Crippen molar-refractivity contribution in [3.8, 4) is 0 Å². The summed E-state index contributed by atoms with van der Waals surface area (Å²) in [6, 6.07) is 11.1. The van der Waals surface area contributed by atoms with E-state index in [2.05, 4.69) is 44.2 Å². The largest absolute Gasteiger partial charge is 0.380 e. The second kappa shape index (κ2) is 4.79. The fourth-order valence-corrected chi connectivity index (χ4v) is 4.54. The van der Waals surface area contributed by atoms with Crippen molar-refractivity contribution in [1.82, 2.24) is 0 Å². The fourth-order valence-electron chi connectivity index (χ4n) is 4.54. The fraction of sp³-hybridized carbons (Fsp3) is 0.556. The van der Waals surface area contributed by atoms with Crippen molar-refractivity contribution in [2.24, 2.45) is 11.8 Å². The molecule has 1 aromatic carbocycles. The van der Waals surface area contributed by atoms with Crippen molar-refractivity contribution in [1.29, 1.82) is 0 Å². The van der Waals surface area contributed by atoms with Gasteiger partial charge in [-0.1, -0.05) is 49.2 Å². The molecule has 0 aliphatic heterocycles. The first-order valence-electron chi connectivity index (χ1n) is 7.44. The Hall–Kier alpha value is -1.08. The molecule has 0 bridgehead atoms. The molecule has 0 heterocycles. The molecule has 0 saturated heterocycles. The second-order valence-electron chi connectivity index (χ2n) is 6.30. The topological polar surface area (TPSA) is 9.23 Å². The zero-order chi connectivity index (χ0) is 13.5. The van der Waals surface area contributed by atoms with Crippen LogP contribution in [0.2, 0.25) is 0 Å². The molecule has 19 heavy (non-hydrogen) atoms. The van der Waals surface area contributed by atoms with Gasteiger partial charge in [0.1, 0.15) is 0 Å². The molecule has 1 nitrogen and oxygen atoms in total. The molecule has 1 heteroatoms. The van der Waals surface area contributed by atoms with Crippen LogP contribution in [0.15, 0.2) is 41.5 Å². The number of hydrogen-bond donors (Lipinski definition) is 0. The molecular weight excluding hydrogens is 232 g/mol. The third-order valence-corrected chi connectivity index (χ3v) is 5.64. The van der Waals surface area contributed by atoms with Gasteiger partial charge < -0.3 is 4.74 Å². The third-order valence-electron chi connectivity index (χ3n) is 5.64. The van der Waals surface area contributed by atoms with E-state index in [0.717, 1.165) is 18.4 Å². The Balaban J connectivity index is 2.09. The molecule has 0 aromatic heterocycles. The van der Waals surface area contributed by atoms with Gasteiger partial charge in [-0.2, -0.15) is 0 Å². The number of allylic oxidation sites excluding steroid dienone is 1. The first-order valence-corrected chi connectivity index (χ1v) is 7.44. The molecule has 2 aliphatic rings. The zero-order valence-corrected chi connectivity index (χ0v) is 12.3. The summed E-state index contributed by atoms with van der Waals surface area (Å²) in [7, 11) is 1.82. The van der Waals surface area contributed by atoms with Gasteiger partial charge in [-0.05, 0) is 42.7 Å². The molecule has 0 spiro atoms. The number of hydrogen-bond acceptors (Lipinski definition) is 1. The molecule has 3 rings (SSSR count). The number of fused-ring (bicyclic) bond motifs is 1. The van der Waals surface area contributed by atoms with Gasteiger partial charge in [0.15, 0.2) is 0 Å². The number of rotatable bonds is 3. The van der Waals surface area contributed by atoms with E-state index < -0.39 is 0 Å². The maximum Gasteiger partial charge on any atom is 0.0678 e. The minimum atomic E-state index is 0.219. The molecule has 1 aromatic rings. The lowest BCUT2D eigenvalue weighted by Crippen LogP contribution is -2.30. The van der Waals surface area contributed by atoms with Crippen LogP contribution in [-0.4, -0.2) is 13.7 Å². The van der Waals surface area contributed by atoms with Crippen LogP contribution >= 0.6 is 0 Å². The van der Waals surface area contributed by atoms with Gasteiger partial charge in [0.25, 0.3) is 0 Å². The maximum absolute atomic E-state index is 5.48. The summed E-state index contributed by atoms with van der Waals surface area (Å²) in [4.78, 5) is 0. The van der Waals surface area contributed by atoms with Crippen LogP contribution in [0.4, 0.5) is 0 Å². The van der Waals surface area contributed by atoms with Gasteiger partial charge in [0.2, 0.25) is 0 Å². The Kier molecular flexibility index (Phi) is 3.26. The highest BCUT2D eigenvalue weighted by molar-refractivity contribution is 5.45. The highest BCUT2D eigenvalue weighted by atomic mass is 16.5. The predicted molar refractivity (Wildman–Crippen MR) is 79.2 cm³/mol. The Morgan fingerprint density at radius 1 is 1.21 bits per heavy atom. The van der Waals surface area contributed by atoms with Gasteiger partial charge in [0.05, 0.1) is 6.61 Å². The SMILES string of the molecule is COCC1=C(C)[C@](C)(c2ccccc2)[C@@H]2CCC[C@H]12. The monoisotopic (exact) mass is 256 g/mol. The average Bonchev–Trinajstić information content (AvgIpc) is 2.99. The first-order chi connectivity index (χ1) is 9.19. The van der Waals surface area contributed by atoms with Crippen LogP contribution in [0.25, 0.3) is 0 Å². The molecule has 1 saturated carbocycles. The molecule has 1 fully saturated rings. The van der Waals surface area contributed by atoms with Crippen molar-refractivity contribution in [3.05, 3.63) is 47.0 Å². The van der Waals surface area contributed by atoms with Gasteiger partial charge >= 0.3 is 0 Å². The van der Waals surface area contributed by atoms with Crippen LogP contribution in [-0.2, 0) is 10.2 Å². The number of ether oxygens (including phenoxy) is 1. The van der Waals surface area contributed by atoms with Crippen molar-refractivity contribution in [2.75, 3.05) is 13.7 Å². The summed E-state index contributed by atoms with van der Waals surface area (Å²) in [5.74, 6) is 1.53. The molecule has 0 radical (unpaired) electrons. The molecule has 3 atom stereocenters. The van der Waals surface area contributed by atoms with Gasteiger partial charge in [0, 0.05) is 12.5 Å². The molecule has 0 N–H and O–H groups in total. The average molecular weight is 256 g/mol. The maximum atomic E-state index is 5.48. The molecule has 0 amide bonds. The highest BCUT2D eigenvalue weighted by Crippen LogP contribution is 2.58. The van der Waals surface area contributed by atoms with Crippen molar-refractivity contribution < 1.29 is 4.74 Å². The summed E-state index contributed by atoms with van der Waals surface area (Å²) in [6.45, 7) is 5.60. The molecule has 0 unspecified atom stereocenters. The van der Waals surface area contributed by atoms with Crippen LogP contribution in [0, 0.1) is 11.8 Å². The number of benzene rings is 1. The lowest BCUT2D eigenvalue weighted by molar-refractivity contribution is 0.213. The van der Waals surface area contributed by atoms with Gasteiger partial charge in [-0.3, -0.25) is 0 Å². The van der Waals surface area contributed by atoms with E-state index in [1.165, 1.54) is 24.8 Å². The van der Waals surface area contributed by atoms with Crippen LogP contribution in [0.3, 0.4) is 0 Å². The first kappa shape index (κ1) is 12.9. The van der Waals surface area contributed by atoms with Gasteiger partial charge in [-0.15, -0.1) is 0 Å². The van der Waals surface area contributed by atoms with E-state index in [-0.39, 0.29) is 5.41 Å². The van der Waals surface area contributed by atoms with Crippen LogP contribution in [0.1, 0.15) is 38.7 Å². The smallest absolute Gasteiger partial charge is 0.0678 e. The lowest BCUT2D eigenvalue weighted by Gasteiger charge is -2.34. The Labute approximate surface area is 116 Å². The summed E-state index contributed by atoms with van der Waals surface area (Å²) in [6.07, 6.45) is 4.09. The molecule has 102 valence electrons. The van der Waals surface area contributed by atoms with Crippen molar-refractivity contribution >= 4 is 0 Å². The van der Waals surface area contributed by atoms with Crippen LogP contribution in [0.5, 0.6) is 0 Å². The Bertz CT molecular complexity index is 488. The van der Waals surface area contributed by atoms with Crippen molar-refractivity contribution in [2.45, 2.75) is 38.5 Å². The summed E-state index contributed by atoms with van der Waals surface area (Å²) in [5.41, 5.74) is 4.85. The van der Waals surface area contributed by atoms with Crippen molar-refractivity contribution in [3.63, 3.8) is 0 Å². The predicted octanol–water partition coefficient (Wildman–Crippen LogP) is 4.34. The van der Waals surface area contributed by atoms with E-state index in [1.807, 2.05) is 7.11 Å². The summed E-state index contributed by atoms with van der Waals surface area (Å²) in [5, 5.41) is 0. The van der Waals surface area contributed by atoms with E-state index in [0.29, 0.717) is 0 Å². The van der Waals surface area contributed by atoms with Gasteiger partial charge in [-0.25, -0.2) is 0 Å². The normalized spacial score (nSPS) is 33.8. The highest BCUT2D eigenvalue weighted by Gasteiger charge is 2.51. The minimum Gasteiger partial charge on any atom is -0.380 e. The Morgan fingerprint density at radius 3 is 2.63 bits per heavy atom. The summed E-state index contributed by atoms with van der Waals surface area (Å²) >= 11 is 0. The molecular formula is C18H24O. The minimum absolute atomic E-state index is 0.219. The van der Waals surface area contributed by atoms with E-state index in [1.54, 1.807) is 11.1 Å². The lowest BCUT2D eigenvalue weighted by atomic mass is 9.69. The zero-order valence-electron chi connectivity index (χ0n) is 12.3. The third kappa shape index (κ3) is 1.79. The standard InChI is InChI=1S/C18H24O/c1-13-16(12-19-3)15-10-7-11-17(15)18(13,2)14-8-5-4-6-9-14/h4-6,8-9,15,17H,7,10-12H2,1-3H3/t15-,17-,18-/m1/s1. The Morgan fingerprint density at radius 2 is 1.95 bits per heavy atom. The second-order valence-corrected chi connectivity index (χ2v) is 6.30. The quantitative estimate of drug-likeness (QED) is 0.731. The van der Waals surface area contributed by atoms with E-state index >= 15 is 0 Å².